The lowest BCUT2D eigenvalue weighted by molar-refractivity contribution is -0.104. The van der Waals surface area contributed by atoms with Crippen molar-refractivity contribution in [3.05, 3.63) is 36.6 Å². The van der Waals surface area contributed by atoms with Crippen molar-refractivity contribution in [3.8, 4) is 0 Å². The molecule has 0 aromatic rings. The summed E-state index contributed by atoms with van der Waals surface area (Å²) in [5.41, 5.74) is 0.368. The number of ether oxygens (including phenoxy) is 1. The van der Waals surface area contributed by atoms with Crippen molar-refractivity contribution in [2.24, 2.45) is 0 Å². The molecule has 0 aromatic carbocycles. The minimum absolute atomic E-state index is 0.0953. The second kappa shape index (κ2) is 7.31. The average molecular weight is 182 g/mol. The van der Waals surface area contributed by atoms with Gasteiger partial charge in [-0.25, -0.2) is 0 Å². The molecule has 0 amide bonds. The molecule has 0 aromatic heterocycles. The molecule has 0 radical (unpaired) electrons. The predicted molar refractivity (Wildman–Crippen MR) is 51.1 cm³/mol. The van der Waals surface area contributed by atoms with Crippen LogP contribution in [0.15, 0.2) is 36.6 Å². The van der Waals surface area contributed by atoms with E-state index in [1.54, 1.807) is 6.08 Å². The van der Waals surface area contributed by atoms with E-state index in [1.807, 2.05) is 0 Å². The Kier molecular flexibility index (Phi) is 6.55. The Balaban J connectivity index is 3.67. The van der Waals surface area contributed by atoms with Gasteiger partial charge in [-0.15, -0.1) is 0 Å². The molecular formula is C10H14O3. The van der Waals surface area contributed by atoms with Gasteiger partial charge in [0.05, 0.1) is 6.61 Å². The maximum absolute atomic E-state index is 10.1. The summed E-state index contributed by atoms with van der Waals surface area (Å²) in [6, 6.07) is 0. The van der Waals surface area contributed by atoms with E-state index in [1.165, 1.54) is 6.08 Å². The van der Waals surface area contributed by atoms with E-state index >= 15 is 0 Å². The number of hydrogen-bond acceptors (Lipinski definition) is 3. The first kappa shape index (κ1) is 11.6. The van der Waals surface area contributed by atoms with Gasteiger partial charge in [0, 0.05) is 18.6 Å². The number of aliphatic hydroxyl groups is 1. The standard InChI is InChI=1S/C10H14O3/c1-9(8-12)4-5-10(2)13-7-3-6-11/h4-5,8,11H,1-3,6-7H2/b5-4-. The maximum atomic E-state index is 10.1. The smallest absolute Gasteiger partial charge is 0.149 e. The molecule has 0 saturated heterocycles. The first-order valence-corrected chi connectivity index (χ1v) is 3.95. The van der Waals surface area contributed by atoms with E-state index in [9.17, 15) is 4.79 Å². The summed E-state index contributed by atoms with van der Waals surface area (Å²) in [4.78, 5) is 10.1. The van der Waals surface area contributed by atoms with Crippen LogP contribution in [0.25, 0.3) is 0 Å². The lowest BCUT2D eigenvalue weighted by Gasteiger charge is -2.02. The first-order valence-electron chi connectivity index (χ1n) is 3.95. The Labute approximate surface area is 78.0 Å². The van der Waals surface area contributed by atoms with Gasteiger partial charge >= 0.3 is 0 Å². The summed E-state index contributed by atoms with van der Waals surface area (Å²) in [5.74, 6) is 0.455. The van der Waals surface area contributed by atoms with Crippen LogP contribution in [0.4, 0.5) is 0 Å². The normalized spacial score (nSPS) is 9.92. The molecule has 0 unspecified atom stereocenters. The van der Waals surface area contributed by atoms with Gasteiger partial charge in [0.25, 0.3) is 0 Å². The molecule has 3 nitrogen and oxygen atoms in total. The topological polar surface area (TPSA) is 46.5 Å². The van der Waals surface area contributed by atoms with E-state index in [0.29, 0.717) is 30.6 Å². The fourth-order valence-electron chi connectivity index (χ4n) is 0.555. The molecule has 72 valence electrons. The third-order valence-electron chi connectivity index (χ3n) is 1.22. The third-order valence-corrected chi connectivity index (χ3v) is 1.22. The van der Waals surface area contributed by atoms with E-state index < -0.39 is 0 Å². The molecule has 0 rings (SSSR count). The van der Waals surface area contributed by atoms with Crippen LogP contribution in [-0.2, 0) is 9.53 Å². The van der Waals surface area contributed by atoms with Crippen molar-refractivity contribution in [2.45, 2.75) is 6.42 Å². The highest BCUT2D eigenvalue weighted by molar-refractivity contribution is 5.76. The fraction of sp³-hybridized carbons (Fsp3) is 0.300. The first-order chi connectivity index (χ1) is 6.20. The highest BCUT2D eigenvalue weighted by Gasteiger charge is 1.89. The minimum atomic E-state index is 0.0953. The molecule has 3 heteroatoms. The van der Waals surface area contributed by atoms with Crippen molar-refractivity contribution in [3.63, 3.8) is 0 Å². The summed E-state index contributed by atoms with van der Waals surface area (Å²) >= 11 is 0. The van der Waals surface area contributed by atoms with Crippen molar-refractivity contribution in [1.29, 1.82) is 0 Å². The Bertz CT molecular complexity index is 216. The number of rotatable bonds is 7. The lowest BCUT2D eigenvalue weighted by Crippen LogP contribution is -1.94. The van der Waals surface area contributed by atoms with Gasteiger partial charge in [-0.05, 0) is 12.2 Å². The van der Waals surface area contributed by atoms with Crippen LogP contribution < -0.4 is 0 Å². The molecule has 0 fully saturated rings. The lowest BCUT2D eigenvalue weighted by atomic mass is 10.3. The molecule has 0 bridgehead atoms. The predicted octanol–water partition coefficient (Wildman–Crippen LogP) is 1.21. The van der Waals surface area contributed by atoms with Crippen molar-refractivity contribution < 1.29 is 14.6 Å². The van der Waals surface area contributed by atoms with E-state index in [0.717, 1.165) is 0 Å². The van der Waals surface area contributed by atoms with Gasteiger partial charge < -0.3 is 9.84 Å². The van der Waals surface area contributed by atoms with Crippen LogP contribution in [0.2, 0.25) is 0 Å². The molecule has 0 aliphatic carbocycles. The monoisotopic (exact) mass is 182 g/mol. The molecule has 1 N–H and O–H groups in total. The van der Waals surface area contributed by atoms with E-state index in [-0.39, 0.29) is 6.61 Å². The molecule has 13 heavy (non-hydrogen) atoms. The van der Waals surface area contributed by atoms with Crippen molar-refractivity contribution in [1.82, 2.24) is 0 Å². The van der Waals surface area contributed by atoms with Gasteiger partial charge in [0.2, 0.25) is 0 Å². The molecule has 0 spiro atoms. The van der Waals surface area contributed by atoms with Gasteiger partial charge in [-0.2, -0.15) is 0 Å². The summed E-state index contributed by atoms with van der Waals surface area (Å²) in [5, 5.41) is 8.45. The second-order valence-corrected chi connectivity index (χ2v) is 2.42. The van der Waals surface area contributed by atoms with E-state index in [2.05, 4.69) is 13.2 Å². The third kappa shape index (κ3) is 7.03. The van der Waals surface area contributed by atoms with Crippen LogP contribution in [0, 0.1) is 0 Å². The molecule has 0 aliphatic heterocycles. The quantitative estimate of drug-likeness (QED) is 0.212. The average Bonchev–Trinajstić information content (AvgIpc) is 2.14. The van der Waals surface area contributed by atoms with Crippen LogP contribution in [0.1, 0.15) is 6.42 Å². The minimum Gasteiger partial charge on any atom is -0.494 e. The number of hydrogen-bond donors (Lipinski definition) is 1. The second-order valence-electron chi connectivity index (χ2n) is 2.42. The number of aliphatic hydroxyl groups excluding tert-OH is 1. The Morgan fingerprint density at radius 2 is 2.08 bits per heavy atom. The molecule has 0 aliphatic rings. The van der Waals surface area contributed by atoms with Gasteiger partial charge in [0.15, 0.2) is 0 Å². The SMILES string of the molecule is C=C(C=O)/C=C\C(=C)OCCCO. The summed E-state index contributed by atoms with van der Waals surface area (Å²) in [7, 11) is 0. The zero-order chi connectivity index (χ0) is 10.1. The maximum Gasteiger partial charge on any atom is 0.149 e. The van der Waals surface area contributed by atoms with Crippen molar-refractivity contribution in [2.75, 3.05) is 13.2 Å². The number of aldehydes is 1. The number of carbonyl (C=O) groups excluding carboxylic acids is 1. The largest absolute Gasteiger partial charge is 0.494 e. The Morgan fingerprint density at radius 3 is 2.62 bits per heavy atom. The van der Waals surface area contributed by atoms with Gasteiger partial charge in [-0.1, -0.05) is 13.2 Å². The molecular weight excluding hydrogens is 168 g/mol. The van der Waals surface area contributed by atoms with Crippen LogP contribution in [0.3, 0.4) is 0 Å². The zero-order valence-corrected chi connectivity index (χ0v) is 7.53. The Hall–Kier alpha value is -1.35. The fourth-order valence-corrected chi connectivity index (χ4v) is 0.555. The molecule has 0 heterocycles. The summed E-state index contributed by atoms with van der Waals surface area (Å²) in [6.45, 7) is 7.55. The van der Waals surface area contributed by atoms with Gasteiger partial charge in [0.1, 0.15) is 12.0 Å². The molecule has 0 saturated carbocycles. The number of carbonyl (C=O) groups is 1. The zero-order valence-electron chi connectivity index (χ0n) is 7.53. The van der Waals surface area contributed by atoms with Gasteiger partial charge in [-0.3, -0.25) is 4.79 Å². The summed E-state index contributed by atoms with van der Waals surface area (Å²) in [6.07, 6.45) is 4.31. The highest BCUT2D eigenvalue weighted by Crippen LogP contribution is 1.99. The van der Waals surface area contributed by atoms with Crippen LogP contribution >= 0.6 is 0 Å². The Morgan fingerprint density at radius 1 is 1.38 bits per heavy atom. The van der Waals surface area contributed by atoms with Crippen LogP contribution in [0.5, 0.6) is 0 Å². The van der Waals surface area contributed by atoms with Crippen molar-refractivity contribution >= 4 is 6.29 Å². The highest BCUT2D eigenvalue weighted by atomic mass is 16.5. The molecule has 0 atom stereocenters. The van der Waals surface area contributed by atoms with E-state index in [4.69, 9.17) is 9.84 Å². The van der Waals surface area contributed by atoms with Crippen LogP contribution in [-0.4, -0.2) is 24.6 Å². The summed E-state index contributed by atoms with van der Waals surface area (Å²) < 4.78 is 5.08. The number of allylic oxidation sites excluding steroid dienone is 3.